The summed E-state index contributed by atoms with van der Waals surface area (Å²) in [6.45, 7) is 1.48. The molecule has 1 heterocycles. The number of nitrogens with one attached hydrogen (secondary N) is 2. The first-order valence-electron chi connectivity index (χ1n) is 7.09. The van der Waals surface area contributed by atoms with Crippen LogP contribution in [0.1, 0.15) is 18.4 Å². The Morgan fingerprint density at radius 1 is 0.955 bits per heavy atom. The van der Waals surface area contributed by atoms with Gasteiger partial charge >= 0.3 is 0 Å². The van der Waals surface area contributed by atoms with Crippen molar-refractivity contribution in [2.24, 2.45) is 0 Å². The summed E-state index contributed by atoms with van der Waals surface area (Å²) in [7, 11) is 0. The summed E-state index contributed by atoms with van der Waals surface area (Å²) in [5.74, 6) is -0.802. The van der Waals surface area contributed by atoms with Crippen molar-refractivity contribution in [3.05, 3.63) is 71.9 Å². The standard InChI is InChI=1S/C18H16N2O2/c1-12(21)11-16-17(13-7-3-2-4-8-13)18(22)20-15-10-6-5-9-14(15)19-16/h2-11,17,19H,1H3,(H,20,22)/t17-/m1/s1. The summed E-state index contributed by atoms with van der Waals surface area (Å²) < 4.78 is 0. The third-order valence-electron chi connectivity index (χ3n) is 3.53. The second-order valence-corrected chi connectivity index (χ2v) is 5.21. The molecular formula is C18H16N2O2. The molecule has 0 saturated carbocycles. The number of benzene rings is 2. The van der Waals surface area contributed by atoms with Crippen molar-refractivity contribution in [3.8, 4) is 0 Å². The highest BCUT2D eigenvalue weighted by atomic mass is 16.2. The van der Waals surface area contributed by atoms with Crippen LogP contribution in [-0.2, 0) is 9.59 Å². The van der Waals surface area contributed by atoms with Crippen LogP contribution in [0.25, 0.3) is 0 Å². The fourth-order valence-electron chi connectivity index (χ4n) is 2.59. The first-order chi connectivity index (χ1) is 10.6. The molecule has 4 heteroatoms. The van der Waals surface area contributed by atoms with Crippen LogP contribution in [0.5, 0.6) is 0 Å². The molecule has 2 N–H and O–H groups in total. The fraction of sp³-hybridized carbons (Fsp3) is 0.111. The molecule has 3 rings (SSSR count). The van der Waals surface area contributed by atoms with Crippen LogP contribution in [0.4, 0.5) is 11.4 Å². The van der Waals surface area contributed by atoms with Gasteiger partial charge in [-0.3, -0.25) is 9.59 Å². The van der Waals surface area contributed by atoms with Gasteiger partial charge in [0.25, 0.3) is 0 Å². The van der Waals surface area contributed by atoms with Gasteiger partial charge in [-0.05, 0) is 24.6 Å². The molecule has 0 bridgehead atoms. The molecule has 4 nitrogen and oxygen atoms in total. The molecule has 0 fully saturated rings. The SMILES string of the molecule is CC(=O)C=C1Nc2ccccc2NC(=O)[C@@H]1c1ccccc1. The van der Waals surface area contributed by atoms with Crippen molar-refractivity contribution in [2.75, 3.05) is 10.6 Å². The maximum Gasteiger partial charge on any atom is 0.237 e. The summed E-state index contributed by atoms with van der Waals surface area (Å²) in [4.78, 5) is 24.2. The van der Waals surface area contributed by atoms with Crippen molar-refractivity contribution >= 4 is 23.1 Å². The van der Waals surface area contributed by atoms with E-state index in [1.807, 2.05) is 54.6 Å². The van der Waals surface area contributed by atoms with E-state index in [9.17, 15) is 9.59 Å². The lowest BCUT2D eigenvalue weighted by Crippen LogP contribution is -2.23. The van der Waals surface area contributed by atoms with Gasteiger partial charge in [0.1, 0.15) is 5.92 Å². The molecule has 0 unspecified atom stereocenters. The molecule has 110 valence electrons. The number of carbonyl (C=O) groups excluding carboxylic acids is 2. The summed E-state index contributed by atoms with van der Waals surface area (Å²) in [5, 5.41) is 6.15. The zero-order valence-electron chi connectivity index (χ0n) is 12.2. The van der Waals surface area contributed by atoms with E-state index in [-0.39, 0.29) is 11.7 Å². The molecule has 1 aliphatic heterocycles. The van der Waals surface area contributed by atoms with Crippen molar-refractivity contribution < 1.29 is 9.59 Å². The number of fused-ring (bicyclic) bond motifs is 1. The van der Waals surface area contributed by atoms with Crippen molar-refractivity contribution in [1.82, 2.24) is 0 Å². The van der Waals surface area contributed by atoms with E-state index >= 15 is 0 Å². The van der Waals surface area contributed by atoms with Gasteiger partial charge in [-0.15, -0.1) is 0 Å². The van der Waals surface area contributed by atoms with Crippen molar-refractivity contribution in [3.63, 3.8) is 0 Å². The van der Waals surface area contributed by atoms with E-state index in [4.69, 9.17) is 0 Å². The average molecular weight is 292 g/mol. The molecule has 1 amide bonds. The topological polar surface area (TPSA) is 58.2 Å². The normalized spacial score (nSPS) is 18.9. The minimum Gasteiger partial charge on any atom is -0.356 e. The Morgan fingerprint density at radius 2 is 1.55 bits per heavy atom. The molecule has 2 aromatic rings. The van der Waals surface area contributed by atoms with Crippen LogP contribution in [0.3, 0.4) is 0 Å². The maximum atomic E-state index is 12.7. The lowest BCUT2D eigenvalue weighted by Gasteiger charge is -2.17. The number of carbonyl (C=O) groups is 2. The van der Waals surface area contributed by atoms with Crippen LogP contribution in [0.2, 0.25) is 0 Å². The fourth-order valence-corrected chi connectivity index (χ4v) is 2.59. The minimum absolute atomic E-state index is 0.101. The number of hydrogen-bond donors (Lipinski definition) is 2. The van der Waals surface area contributed by atoms with Gasteiger partial charge in [-0.25, -0.2) is 0 Å². The highest BCUT2D eigenvalue weighted by Gasteiger charge is 2.29. The van der Waals surface area contributed by atoms with Crippen LogP contribution >= 0.6 is 0 Å². The van der Waals surface area contributed by atoms with Gasteiger partial charge < -0.3 is 10.6 Å². The number of para-hydroxylation sites is 2. The summed E-state index contributed by atoms with van der Waals surface area (Å²) in [6.07, 6.45) is 1.49. The van der Waals surface area contributed by atoms with E-state index in [1.165, 1.54) is 13.0 Å². The molecular weight excluding hydrogens is 276 g/mol. The molecule has 0 aromatic heterocycles. The second-order valence-electron chi connectivity index (χ2n) is 5.21. The van der Waals surface area contributed by atoms with Gasteiger partial charge in [0.05, 0.1) is 11.4 Å². The van der Waals surface area contributed by atoms with E-state index in [0.717, 1.165) is 11.3 Å². The van der Waals surface area contributed by atoms with Crippen molar-refractivity contribution in [2.45, 2.75) is 12.8 Å². The third-order valence-corrected chi connectivity index (χ3v) is 3.53. The summed E-state index contributed by atoms with van der Waals surface area (Å²) in [6, 6.07) is 16.9. The lowest BCUT2D eigenvalue weighted by molar-refractivity contribution is -0.116. The lowest BCUT2D eigenvalue weighted by atomic mass is 9.94. The first kappa shape index (κ1) is 14.1. The monoisotopic (exact) mass is 292 g/mol. The van der Waals surface area contributed by atoms with Gasteiger partial charge in [0, 0.05) is 11.8 Å². The number of hydrogen-bond acceptors (Lipinski definition) is 3. The summed E-state index contributed by atoms with van der Waals surface area (Å²) >= 11 is 0. The number of anilines is 2. The van der Waals surface area contributed by atoms with Crippen LogP contribution in [0, 0.1) is 0 Å². The Kier molecular flexibility index (Phi) is 3.74. The van der Waals surface area contributed by atoms with Crippen LogP contribution < -0.4 is 10.6 Å². The van der Waals surface area contributed by atoms with Crippen molar-refractivity contribution in [1.29, 1.82) is 0 Å². The Bertz CT molecular complexity index is 751. The number of ketones is 1. The highest BCUT2D eigenvalue weighted by molar-refractivity contribution is 6.04. The largest absolute Gasteiger partial charge is 0.356 e. The Balaban J connectivity index is 2.12. The van der Waals surface area contributed by atoms with Gasteiger partial charge in [0.15, 0.2) is 5.78 Å². The average Bonchev–Trinajstić information content (AvgIpc) is 2.63. The number of rotatable bonds is 2. The number of amides is 1. The Hall–Kier alpha value is -2.88. The van der Waals surface area contributed by atoms with Crippen LogP contribution in [0.15, 0.2) is 66.4 Å². The van der Waals surface area contributed by atoms with Crippen LogP contribution in [-0.4, -0.2) is 11.7 Å². The van der Waals surface area contributed by atoms with Gasteiger partial charge in [0.2, 0.25) is 5.91 Å². The molecule has 0 spiro atoms. The predicted octanol–water partition coefficient (Wildman–Crippen LogP) is 3.31. The molecule has 0 radical (unpaired) electrons. The molecule has 1 aliphatic rings. The quantitative estimate of drug-likeness (QED) is 0.835. The molecule has 0 aliphatic carbocycles. The van der Waals surface area contributed by atoms with E-state index in [2.05, 4.69) is 10.6 Å². The van der Waals surface area contributed by atoms with E-state index in [1.54, 1.807) is 0 Å². The number of allylic oxidation sites excluding steroid dienone is 1. The highest BCUT2D eigenvalue weighted by Crippen LogP contribution is 2.34. The molecule has 1 atom stereocenters. The minimum atomic E-state index is -0.544. The zero-order chi connectivity index (χ0) is 15.5. The molecule has 22 heavy (non-hydrogen) atoms. The van der Waals surface area contributed by atoms with Gasteiger partial charge in [-0.2, -0.15) is 0 Å². The second kappa shape index (κ2) is 5.85. The Morgan fingerprint density at radius 3 is 2.18 bits per heavy atom. The molecule has 2 aromatic carbocycles. The van der Waals surface area contributed by atoms with E-state index in [0.29, 0.717) is 11.4 Å². The predicted molar refractivity (Wildman–Crippen MR) is 86.6 cm³/mol. The molecule has 0 saturated heterocycles. The zero-order valence-corrected chi connectivity index (χ0v) is 12.2. The first-order valence-corrected chi connectivity index (χ1v) is 7.09. The smallest absolute Gasteiger partial charge is 0.237 e. The van der Waals surface area contributed by atoms with E-state index < -0.39 is 5.92 Å². The Labute approximate surface area is 128 Å². The maximum absolute atomic E-state index is 12.7. The third kappa shape index (κ3) is 2.76. The summed E-state index contributed by atoms with van der Waals surface area (Å²) in [5.41, 5.74) is 2.91. The van der Waals surface area contributed by atoms with Gasteiger partial charge in [-0.1, -0.05) is 42.5 Å².